The second kappa shape index (κ2) is 16.1. The third-order valence-corrected chi connectivity index (χ3v) is 11.8. The second-order valence-corrected chi connectivity index (χ2v) is 16.5. The average molecular weight is 690 g/mol. The van der Waals surface area contributed by atoms with Gasteiger partial charge in [-0.25, -0.2) is 13.2 Å². The molecule has 2 aromatic rings. The number of methoxy groups -OCH3 is 1. The molecule has 3 atom stereocenters. The van der Waals surface area contributed by atoms with Crippen LogP contribution < -0.4 is 15.4 Å². The summed E-state index contributed by atoms with van der Waals surface area (Å²) in [6.07, 6.45) is 4.10. The van der Waals surface area contributed by atoms with Gasteiger partial charge in [0, 0.05) is 12.3 Å². The van der Waals surface area contributed by atoms with Crippen molar-refractivity contribution in [3.05, 3.63) is 59.7 Å². The number of sulfone groups is 1. The molecule has 0 spiro atoms. The Morgan fingerprint density at radius 1 is 1.04 bits per heavy atom. The predicted octanol–water partition coefficient (Wildman–Crippen LogP) is 4.53. The lowest BCUT2D eigenvalue weighted by atomic mass is 9.91. The first kappa shape index (κ1) is 36.4. The first-order chi connectivity index (χ1) is 22.3. The molecular formula is C34H47N3O8S2. The van der Waals surface area contributed by atoms with E-state index in [1.807, 2.05) is 0 Å². The Morgan fingerprint density at radius 2 is 1.72 bits per heavy atom. The molecule has 47 heavy (non-hydrogen) atoms. The zero-order valence-corrected chi connectivity index (χ0v) is 29.2. The molecule has 2 fully saturated rings. The van der Waals surface area contributed by atoms with Crippen molar-refractivity contribution in [1.82, 2.24) is 15.5 Å². The van der Waals surface area contributed by atoms with E-state index < -0.39 is 50.7 Å². The van der Waals surface area contributed by atoms with E-state index in [0.29, 0.717) is 11.5 Å². The molecule has 1 saturated heterocycles. The molecule has 1 saturated carbocycles. The standard InChI is InChI=1S/C34H47N3O8S2/c1-34(2,3)45-33(41)37-22-46-20-28(37)32(40)36-27(19-35-31(39)26-12-8-9-13-29(26)38)30(18-23-14-16-25(44-4)17-15-23)47(42,43)21-24-10-6-5-7-11-24/h8-9,12-17,24,27-28,30,38H,5-7,10-11,18-22H2,1-4H3,(H,35,39)(H,36,40)/t27?,28-,30?/m0/s1. The highest BCUT2D eigenvalue weighted by Crippen LogP contribution is 2.29. The molecule has 4 rings (SSSR count). The van der Waals surface area contributed by atoms with Crippen molar-refractivity contribution in [2.24, 2.45) is 5.92 Å². The maximum absolute atomic E-state index is 14.4. The van der Waals surface area contributed by atoms with E-state index in [9.17, 15) is 27.9 Å². The highest BCUT2D eigenvalue weighted by atomic mass is 32.2. The fraction of sp³-hybridized carbons (Fsp3) is 0.559. The number of carbonyl (C=O) groups is 3. The quantitative estimate of drug-likeness (QED) is 0.292. The van der Waals surface area contributed by atoms with Crippen LogP contribution in [0.2, 0.25) is 0 Å². The second-order valence-electron chi connectivity index (χ2n) is 13.2. The van der Waals surface area contributed by atoms with E-state index in [1.165, 1.54) is 28.8 Å². The third-order valence-electron chi connectivity index (χ3n) is 8.47. The number of phenols is 1. The molecule has 1 aliphatic carbocycles. The lowest BCUT2D eigenvalue weighted by Gasteiger charge is -2.33. The molecule has 258 valence electrons. The summed E-state index contributed by atoms with van der Waals surface area (Å²) in [6, 6.07) is 11.2. The molecule has 3 N–H and O–H groups in total. The molecule has 13 heteroatoms. The number of thioether (sulfide) groups is 1. The van der Waals surface area contributed by atoms with Gasteiger partial charge in [0.1, 0.15) is 23.1 Å². The number of amides is 3. The number of hydrogen-bond donors (Lipinski definition) is 3. The van der Waals surface area contributed by atoms with Crippen LogP contribution in [0.4, 0.5) is 4.79 Å². The highest BCUT2D eigenvalue weighted by molar-refractivity contribution is 7.99. The number of hydrogen-bond acceptors (Lipinski definition) is 9. The molecule has 0 aromatic heterocycles. The van der Waals surface area contributed by atoms with E-state index in [0.717, 1.165) is 37.7 Å². The first-order valence-electron chi connectivity index (χ1n) is 16.1. The number of carbonyl (C=O) groups excluding carboxylic acids is 3. The largest absolute Gasteiger partial charge is 0.507 e. The van der Waals surface area contributed by atoms with Gasteiger partial charge in [0.05, 0.1) is 35.6 Å². The number of ether oxygens (including phenoxy) is 2. The molecule has 0 bridgehead atoms. The molecule has 2 unspecified atom stereocenters. The van der Waals surface area contributed by atoms with Crippen molar-refractivity contribution in [3.8, 4) is 11.5 Å². The maximum Gasteiger partial charge on any atom is 0.411 e. The SMILES string of the molecule is COc1ccc(CC(C(CNC(=O)c2ccccc2O)NC(=O)[C@@H]2CSCN2C(=O)OC(C)(C)C)S(=O)(=O)CC2CCCCC2)cc1. The summed E-state index contributed by atoms with van der Waals surface area (Å²) in [5.74, 6) is -0.212. The zero-order chi connectivity index (χ0) is 34.2. The van der Waals surface area contributed by atoms with Crippen molar-refractivity contribution < 1.29 is 37.4 Å². The minimum Gasteiger partial charge on any atom is -0.507 e. The monoisotopic (exact) mass is 689 g/mol. The average Bonchev–Trinajstić information content (AvgIpc) is 3.52. The Hall–Kier alpha value is -3.45. The third kappa shape index (κ3) is 10.3. The Kier molecular flexibility index (Phi) is 12.5. The highest BCUT2D eigenvalue weighted by Gasteiger charge is 2.41. The molecule has 3 amide bonds. The number of aromatic hydroxyl groups is 1. The number of benzene rings is 2. The Bertz CT molecular complexity index is 1490. The van der Waals surface area contributed by atoms with Gasteiger partial charge in [0.2, 0.25) is 5.91 Å². The number of phenolic OH excluding ortho intramolecular Hbond substituents is 1. The number of nitrogens with one attached hydrogen (secondary N) is 2. The van der Waals surface area contributed by atoms with Crippen molar-refractivity contribution in [2.75, 3.05) is 31.0 Å². The van der Waals surface area contributed by atoms with Gasteiger partial charge in [-0.3, -0.25) is 14.5 Å². The van der Waals surface area contributed by atoms with Crippen LogP contribution >= 0.6 is 11.8 Å². The van der Waals surface area contributed by atoms with E-state index in [1.54, 1.807) is 64.3 Å². The van der Waals surface area contributed by atoms with Gasteiger partial charge in [0.15, 0.2) is 9.84 Å². The predicted molar refractivity (Wildman–Crippen MR) is 182 cm³/mol. The van der Waals surface area contributed by atoms with Gasteiger partial charge in [-0.1, -0.05) is 43.5 Å². The van der Waals surface area contributed by atoms with Gasteiger partial charge in [-0.05, 0) is 75.8 Å². The van der Waals surface area contributed by atoms with Crippen LogP contribution in [0, 0.1) is 5.92 Å². The van der Waals surface area contributed by atoms with E-state index in [2.05, 4.69) is 10.6 Å². The smallest absolute Gasteiger partial charge is 0.411 e. The summed E-state index contributed by atoms with van der Waals surface area (Å²) < 4.78 is 39.5. The van der Waals surface area contributed by atoms with Crippen LogP contribution in [0.15, 0.2) is 48.5 Å². The van der Waals surface area contributed by atoms with Gasteiger partial charge >= 0.3 is 6.09 Å². The zero-order valence-electron chi connectivity index (χ0n) is 27.6. The maximum atomic E-state index is 14.4. The fourth-order valence-electron chi connectivity index (χ4n) is 6.00. The minimum absolute atomic E-state index is 0.00761. The van der Waals surface area contributed by atoms with Gasteiger partial charge < -0.3 is 25.2 Å². The molecule has 0 radical (unpaired) electrons. The topological polar surface area (TPSA) is 151 Å². The van der Waals surface area contributed by atoms with Crippen molar-refractivity contribution >= 4 is 39.5 Å². The van der Waals surface area contributed by atoms with Crippen LogP contribution in [0.25, 0.3) is 0 Å². The summed E-state index contributed by atoms with van der Waals surface area (Å²) >= 11 is 1.40. The number of nitrogens with zero attached hydrogens (tertiary/aromatic N) is 1. The van der Waals surface area contributed by atoms with E-state index >= 15 is 0 Å². The summed E-state index contributed by atoms with van der Waals surface area (Å²) in [6.45, 7) is 5.00. The molecule has 1 heterocycles. The van der Waals surface area contributed by atoms with Gasteiger partial charge in [0.25, 0.3) is 5.91 Å². The summed E-state index contributed by atoms with van der Waals surface area (Å²) in [7, 11) is -2.29. The molecule has 2 aliphatic rings. The first-order valence-corrected chi connectivity index (χ1v) is 18.9. The Labute approximate surface area is 282 Å². The number of para-hydroxylation sites is 1. The van der Waals surface area contributed by atoms with Crippen molar-refractivity contribution in [2.45, 2.75) is 82.2 Å². The molecule has 11 nitrogen and oxygen atoms in total. The normalized spacial score (nSPS) is 18.6. The van der Waals surface area contributed by atoms with Crippen molar-refractivity contribution in [3.63, 3.8) is 0 Å². The summed E-state index contributed by atoms with van der Waals surface area (Å²) in [5.41, 5.74) is -0.0172. The molecule has 2 aromatic carbocycles. The molecular weight excluding hydrogens is 643 g/mol. The lowest BCUT2D eigenvalue weighted by molar-refractivity contribution is -0.125. The fourth-order valence-corrected chi connectivity index (χ4v) is 9.49. The summed E-state index contributed by atoms with van der Waals surface area (Å²) in [4.78, 5) is 41.5. The van der Waals surface area contributed by atoms with Crippen LogP contribution in [0.5, 0.6) is 11.5 Å². The number of rotatable bonds is 12. The lowest BCUT2D eigenvalue weighted by Crippen LogP contribution is -2.58. The Morgan fingerprint density at radius 3 is 2.36 bits per heavy atom. The minimum atomic E-state index is -3.84. The van der Waals surface area contributed by atoms with E-state index in [-0.39, 0.29) is 41.8 Å². The Balaban J connectivity index is 1.66. The van der Waals surface area contributed by atoms with E-state index in [4.69, 9.17) is 9.47 Å². The van der Waals surface area contributed by atoms with Crippen LogP contribution in [-0.4, -0.2) is 90.3 Å². The van der Waals surface area contributed by atoms with Crippen LogP contribution in [0.1, 0.15) is 68.8 Å². The van der Waals surface area contributed by atoms with Crippen LogP contribution in [-0.2, 0) is 25.8 Å². The molecule has 1 aliphatic heterocycles. The van der Waals surface area contributed by atoms with Crippen LogP contribution in [0.3, 0.4) is 0 Å². The summed E-state index contributed by atoms with van der Waals surface area (Å²) in [5, 5.41) is 14.8. The van der Waals surface area contributed by atoms with Crippen molar-refractivity contribution in [1.29, 1.82) is 0 Å². The van der Waals surface area contributed by atoms with Gasteiger partial charge in [-0.2, -0.15) is 0 Å². The van der Waals surface area contributed by atoms with Gasteiger partial charge in [-0.15, -0.1) is 11.8 Å².